The molecule has 0 atom stereocenters. The van der Waals surface area contributed by atoms with E-state index in [1.807, 2.05) is 0 Å². The molecule has 2 aliphatic rings. The van der Waals surface area contributed by atoms with Gasteiger partial charge in [-0.15, -0.1) is 0 Å². The van der Waals surface area contributed by atoms with Gasteiger partial charge in [-0.1, -0.05) is 6.42 Å². The van der Waals surface area contributed by atoms with Crippen molar-refractivity contribution in [1.82, 2.24) is 4.90 Å². The molecule has 2 heterocycles. The molecule has 0 spiro atoms. The van der Waals surface area contributed by atoms with Gasteiger partial charge in [-0.05, 0) is 32.0 Å². The summed E-state index contributed by atoms with van der Waals surface area (Å²) in [6, 6.07) is 1.75. The third kappa shape index (κ3) is 2.55. The Bertz CT molecular complexity index is 598. The minimum Gasteiger partial charge on any atom is -0.303 e. The molecule has 6 heteroatoms. The number of likely N-dealkylation sites (tertiary alicyclic amines) is 1. The van der Waals surface area contributed by atoms with Crippen LogP contribution in [0.15, 0.2) is 12.1 Å². The Morgan fingerprint density at radius 3 is 2.33 bits per heavy atom. The first kappa shape index (κ1) is 14.1. The van der Waals surface area contributed by atoms with Gasteiger partial charge in [0.25, 0.3) is 11.7 Å². The molecular weight excluding hydrogens is 278 g/mol. The van der Waals surface area contributed by atoms with Crippen LogP contribution in [0.3, 0.4) is 0 Å². The van der Waals surface area contributed by atoms with Crippen LogP contribution in [0.4, 0.5) is 14.5 Å². The van der Waals surface area contributed by atoms with Crippen LogP contribution in [0.5, 0.6) is 0 Å². The molecule has 0 unspecified atom stereocenters. The maximum atomic E-state index is 13.4. The number of amides is 1. The second kappa shape index (κ2) is 5.52. The Labute approximate surface area is 121 Å². The number of hydrogen-bond acceptors (Lipinski definition) is 3. The van der Waals surface area contributed by atoms with Crippen LogP contribution >= 0.6 is 0 Å². The third-order valence-corrected chi connectivity index (χ3v) is 4.10. The quantitative estimate of drug-likeness (QED) is 0.800. The second-order valence-electron chi connectivity index (χ2n) is 5.47. The summed E-state index contributed by atoms with van der Waals surface area (Å²) in [6.07, 6.45) is 3.47. The van der Waals surface area contributed by atoms with Crippen LogP contribution < -0.4 is 4.90 Å². The number of anilines is 1. The van der Waals surface area contributed by atoms with Crippen LogP contribution in [0.25, 0.3) is 0 Å². The number of carbonyl (C=O) groups is 2. The Balaban J connectivity index is 1.78. The molecule has 4 nitrogen and oxygen atoms in total. The highest BCUT2D eigenvalue weighted by atomic mass is 19.2. The zero-order valence-electron chi connectivity index (χ0n) is 11.6. The molecule has 0 saturated carbocycles. The number of Topliss-reactive ketones (excluding diaryl/α,β-unsaturated/α-hetero) is 1. The number of nitrogens with zero attached hydrogens (tertiary/aromatic N) is 2. The van der Waals surface area contributed by atoms with E-state index in [1.54, 1.807) is 0 Å². The Morgan fingerprint density at radius 2 is 1.62 bits per heavy atom. The van der Waals surface area contributed by atoms with Gasteiger partial charge < -0.3 is 9.80 Å². The van der Waals surface area contributed by atoms with Crippen LogP contribution in [0, 0.1) is 11.6 Å². The highest BCUT2D eigenvalue weighted by Crippen LogP contribution is 2.30. The van der Waals surface area contributed by atoms with Crippen molar-refractivity contribution in [3.63, 3.8) is 0 Å². The molecule has 1 aromatic carbocycles. The van der Waals surface area contributed by atoms with Crippen LogP contribution in [-0.4, -0.2) is 42.8 Å². The van der Waals surface area contributed by atoms with Crippen molar-refractivity contribution in [2.45, 2.75) is 19.3 Å². The number of ketones is 1. The minimum absolute atomic E-state index is 0.0439. The van der Waals surface area contributed by atoms with Gasteiger partial charge in [0.05, 0.1) is 11.3 Å². The topological polar surface area (TPSA) is 40.6 Å². The van der Waals surface area contributed by atoms with Gasteiger partial charge in [-0.3, -0.25) is 9.59 Å². The Hall–Kier alpha value is -1.82. The molecule has 1 saturated heterocycles. The monoisotopic (exact) mass is 294 g/mol. The Morgan fingerprint density at radius 1 is 0.952 bits per heavy atom. The van der Waals surface area contributed by atoms with E-state index in [2.05, 4.69) is 4.90 Å². The number of halogens is 2. The van der Waals surface area contributed by atoms with E-state index in [9.17, 15) is 18.4 Å². The lowest BCUT2D eigenvalue weighted by atomic mass is 10.1. The number of benzene rings is 1. The molecule has 0 radical (unpaired) electrons. The largest absolute Gasteiger partial charge is 0.303 e. The molecule has 0 aromatic heterocycles. The van der Waals surface area contributed by atoms with E-state index in [1.165, 1.54) is 11.3 Å². The average Bonchev–Trinajstić information content (AvgIpc) is 2.71. The normalized spacial score (nSPS) is 19.2. The predicted molar refractivity (Wildman–Crippen MR) is 73.3 cm³/mol. The maximum absolute atomic E-state index is 13.4. The summed E-state index contributed by atoms with van der Waals surface area (Å²) in [4.78, 5) is 27.3. The first-order valence-corrected chi connectivity index (χ1v) is 7.15. The molecule has 1 amide bonds. The summed E-state index contributed by atoms with van der Waals surface area (Å²) in [5.74, 6) is -3.61. The maximum Gasteiger partial charge on any atom is 0.299 e. The van der Waals surface area contributed by atoms with Gasteiger partial charge in [0.1, 0.15) is 0 Å². The zero-order chi connectivity index (χ0) is 15.0. The predicted octanol–water partition coefficient (Wildman–Crippen LogP) is 1.98. The molecule has 112 valence electrons. The van der Waals surface area contributed by atoms with E-state index < -0.39 is 23.3 Å². The second-order valence-corrected chi connectivity index (χ2v) is 5.47. The number of piperidine rings is 1. The number of fused-ring (bicyclic) bond motifs is 1. The highest BCUT2D eigenvalue weighted by molar-refractivity contribution is 6.52. The van der Waals surface area contributed by atoms with Crippen LogP contribution in [0.2, 0.25) is 0 Å². The van der Waals surface area contributed by atoms with Crippen molar-refractivity contribution in [1.29, 1.82) is 0 Å². The van der Waals surface area contributed by atoms with Gasteiger partial charge in [0, 0.05) is 19.2 Å². The summed E-state index contributed by atoms with van der Waals surface area (Å²) in [5, 5.41) is 0. The minimum atomic E-state index is -1.10. The SMILES string of the molecule is O=C1C(=O)N(CCN2CCCCC2)c2cc(F)c(F)cc21. The lowest BCUT2D eigenvalue weighted by Gasteiger charge is -2.28. The first-order chi connectivity index (χ1) is 10.1. The molecule has 0 bridgehead atoms. The van der Waals surface area contributed by atoms with E-state index >= 15 is 0 Å². The highest BCUT2D eigenvalue weighted by Gasteiger charge is 2.37. The summed E-state index contributed by atoms with van der Waals surface area (Å²) in [5.41, 5.74) is 0.137. The zero-order valence-corrected chi connectivity index (χ0v) is 11.6. The smallest absolute Gasteiger partial charge is 0.299 e. The fraction of sp³-hybridized carbons (Fsp3) is 0.467. The molecule has 0 N–H and O–H groups in total. The standard InChI is InChI=1S/C15H16F2N2O2/c16-11-8-10-13(9-12(11)17)19(15(21)14(10)20)7-6-18-4-2-1-3-5-18/h8-9H,1-7H2. The molecule has 0 aliphatic carbocycles. The van der Waals surface area contributed by atoms with E-state index in [4.69, 9.17) is 0 Å². The van der Waals surface area contributed by atoms with Gasteiger partial charge in [-0.2, -0.15) is 0 Å². The van der Waals surface area contributed by atoms with Gasteiger partial charge >= 0.3 is 0 Å². The number of carbonyl (C=O) groups excluding carboxylic acids is 2. The van der Waals surface area contributed by atoms with Crippen molar-refractivity contribution < 1.29 is 18.4 Å². The molecule has 1 aromatic rings. The average molecular weight is 294 g/mol. The Kier molecular flexibility index (Phi) is 3.71. The van der Waals surface area contributed by atoms with Crippen LogP contribution in [0.1, 0.15) is 29.6 Å². The fourth-order valence-corrected chi connectivity index (χ4v) is 2.94. The molecule has 3 rings (SSSR count). The van der Waals surface area contributed by atoms with Crippen molar-refractivity contribution in [2.75, 3.05) is 31.1 Å². The fourth-order valence-electron chi connectivity index (χ4n) is 2.94. The number of hydrogen-bond donors (Lipinski definition) is 0. The summed E-state index contributed by atoms with van der Waals surface area (Å²) in [7, 11) is 0. The molecule has 21 heavy (non-hydrogen) atoms. The lowest BCUT2D eigenvalue weighted by molar-refractivity contribution is -0.114. The summed E-state index contributed by atoms with van der Waals surface area (Å²) in [6.45, 7) is 2.90. The van der Waals surface area contributed by atoms with Crippen molar-refractivity contribution in [2.24, 2.45) is 0 Å². The number of rotatable bonds is 3. The van der Waals surface area contributed by atoms with Crippen LogP contribution in [-0.2, 0) is 4.79 Å². The van der Waals surface area contributed by atoms with Crippen molar-refractivity contribution in [3.8, 4) is 0 Å². The molecule has 1 fully saturated rings. The third-order valence-electron chi connectivity index (χ3n) is 4.10. The van der Waals surface area contributed by atoms with E-state index in [0.29, 0.717) is 13.1 Å². The summed E-state index contributed by atoms with van der Waals surface area (Å²) >= 11 is 0. The van der Waals surface area contributed by atoms with E-state index in [0.717, 1.165) is 38.1 Å². The molecule has 2 aliphatic heterocycles. The van der Waals surface area contributed by atoms with Crippen molar-refractivity contribution >= 4 is 17.4 Å². The summed E-state index contributed by atoms with van der Waals surface area (Å²) < 4.78 is 26.6. The van der Waals surface area contributed by atoms with Gasteiger partial charge in [-0.25, -0.2) is 8.78 Å². The van der Waals surface area contributed by atoms with Gasteiger partial charge in [0.2, 0.25) is 0 Å². The first-order valence-electron chi connectivity index (χ1n) is 7.15. The lowest BCUT2D eigenvalue weighted by Crippen LogP contribution is -2.40. The van der Waals surface area contributed by atoms with E-state index in [-0.39, 0.29) is 11.3 Å². The van der Waals surface area contributed by atoms with Crippen molar-refractivity contribution in [3.05, 3.63) is 29.3 Å². The van der Waals surface area contributed by atoms with Gasteiger partial charge in [0.15, 0.2) is 11.6 Å². The molecular formula is C15H16F2N2O2.